The van der Waals surface area contributed by atoms with Crippen LogP contribution >= 0.6 is 0 Å². The molecule has 1 aliphatic rings. The molecule has 2 amide bonds. The van der Waals surface area contributed by atoms with Crippen molar-refractivity contribution in [3.8, 4) is 0 Å². The maximum atomic E-state index is 13.4. The van der Waals surface area contributed by atoms with Gasteiger partial charge in [0.2, 0.25) is 0 Å². The van der Waals surface area contributed by atoms with E-state index in [0.717, 1.165) is 37.7 Å². The molecule has 122 valence electrons. The van der Waals surface area contributed by atoms with E-state index in [0.29, 0.717) is 12.2 Å². The highest BCUT2D eigenvalue weighted by atomic mass is 19.1. The molecule has 2 atom stereocenters. The zero-order chi connectivity index (χ0) is 16.1. The minimum absolute atomic E-state index is 0.150. The number of aliphatic hydroxyl groups is 1. The van der Waals surface area contributed by atoms with Crippen molar-refractivity contribution >= 4 is 11.7 Å². The van der Waals surface area contributed by atoms with Crippen molar-refractivity contribution in [3.63, 3.8) is 0 Å². The number of nitrogens with one attached hydrogen (secondary N) is 1. The van der Waals surface area contributed by atoms with Crippen molar-refractivity contribution in [2.75, 3.05) is 11.9 Å². The number of hydrogen-bond donors (Lipinski definition) is 2. The highest BCUT2D eigenvalue weighted by Gasteiger charge is 2.31. The second-order valence-electron chi connectivity index (χ2n) is 6.06. The number of aryl methyl sites for hydroxylation is 1. The molecule has 22 heavy (non-hydrogen) atoms. The number of carbonyl (C=O) groups excluding carboxylic acids is 1. The summed E-state index contributed by atoms with van der Waals surface area (Å²) in [6, 6.07) is 4.06. The van der Waals surface area contributed by atoms with Crippen molar-refractivity contribution in [2.24, 2.45) is 0 Å². The quantitative estimate of drug-likeness (QED) is 0.891. The van der Waals surface area contributed by atoms with E-state index in [1.54, 1.807) is 17.9 Å². The number of aliphatic hydroxyl groups excluding tert-OH is 1. The second-order valence-corrected chi connectivity index (χ2v) is 6.06. The normalized spacial score (nSPS) is 21.5. The molecule has 2 rings (SSSR count). The molecule has 1 aromatic carbocycles. The van der Waals surface area contributed by atoms with E-state index >= 15 is 0 Å². The van der Waals surface area contributed by atoms with Gasteiger partial charge >= 0.3 is 6.03 Å². The van der Waals surface area contributed by atoms with E-state index in [4.69, 9.17) is 0 Å². The molecule has 0 heterocycles. The Kier molecular flexibility index (Phi) is 5.77. The average Bonchev–Trinajstić information content (AvgIpc) is 2.44. The number of hydrogen-bond acceptors (Lipinski definition) is 2. The Morgan fingerprint density at radius 2 is 2.09 bits per heavy atom. The van der Waals surface area contributed by atoms with E-state index in [1.807, 2.05) is 6.92 Å². The Hall–Kier alpha value is -1.62. The lowest BCUT2D eigenvalue weighted by molar-refractivity contribution is 0.0397. The van der Waals surface area contributed by atoms with Crippen molar-refractivity contribution < 1.29 is 14.3 Å². The molecule has 4 nitrogen and oxygen atoms in total. The van der Waals surface area contributed by atoms with Crippen molar-refractivity contribution in [1.82, 2.24) is 4.90 Å². The van der Waals surface area contributed by atoms with E-state index in [2.05, 4.69) is 5.32 Å². The number of benzene rings is 1. The molecule has 5 heteroatoms. The van der Waals surface area contributed by atoms with Gasteiger partial charge in [0.25, 0.3) is 0 Å². The lowest BCUT2D eigenvalue weighted by Gasteiger charge is -2.37. The summed E-state index contributed by atoms with van der Waals surface area (Å²) in [6.07, 6.45) is 3.92. The summed E-state index contributed by atoms with van der Waals surface area (Å²) in [7, 11) is 0. The number of halogens is 1. The minimum atomic E-state index is -0.472. The predicted molar refractivity (Wildman–Crippen MR) is 85.4 cm³/mol. The number of rotatable bonds is 4. The fourth-order valence-electron chi connectivity index (χ4n) is 3.12. The van der Waals surface area contributed by atoms with Crippen LogP contribution in [0.4, 0.5) is 14.9 Å². The summed E-state index contributed by atoms with van der Waals surface area (Å²) in [5.41, 5.74) is 1.21. The van der Waals surface area contributed by atoms with Crippen molar-refractivity contribution in [1.29, 1.82) is 0 Å². The van der Waals surface area contributed by atoms with Crippen LogP contribution in [-0.4, -0.2) is 34.7 Å². The molecule has 1 aromatic rings. The Bertz CT molecular complexity index is 501. The third kappa shape index (κ3) is 4.19. The summed E-state index contributed by atoms with van der Waals surface area (Å²) in [5.74, 6) is -0.366. The highest BCUT2D eigenvalue weighted by Crippen LogP contribution is 2.24. The molecule has 0 unspecified atom stereocenters. The topological polar surface area (TPSA) is 52.6 Å². The van der Waals surface area contributed by atoms with Gasteiger partial charge in [0.15, 0.2) is 0 Å². The van der Waals surface area contributed by atoms with Gasteiger partial charge in [-0.05, 0) is 49.9 Å². The van der Waals surface area contributed by atoms with E-state index < -0.39 is 6.10 Å². The second kappa shape index (κ2) is 7.58. The first kappa shape index (κ1) is 16.7. The Morgan fingerprint density at radius 1 is 1.36 bits per heavy atom. The average molecular weight is 308 g/mol. The lowest BCUT2D eigenvalue weighted by atomic mass is 9.91. The fourth-order valence-corrected chi connectivity index (χ4v) is 3.12. The van der Waals surface area contributed by atoms with Gasteiger partial charge in [0.1, 0.15) is 5.82 Å². The SMILES string of the molecule is CCCN(C(=O)Nc1cc(C)cc(F)c1)[C@@H]1CCCC[C@H]1O. The first-order valence-corrected chi connectivity index (χ1v) is 8.04. The van der Waals surface area contributed by atoms with Gasteiger partial charge in [0.05, 0.1) is 12.1 Å². The molecule has 2 N–H and O–H groups in total. The van der Waals surface area contributed by atoms with Crippen molar-refractivity contribution in [3.05, 3.63) is 29.6 Å². The van der Waals surface area contributed by atoms with E-state index in [9.17, 15) is 14.3 Å². The van der Waals surface area contributed by atoms with Crippen LogP contribution in [0.25, 0.3) is 0 Å². The summed E-state index contributed by atoms with van der Waals surface area (Å²) < 4.78 is 13.4. The molecule has 0 bridgehead atoms. The molecule has 0 saturated heterocycles. The number of anilines is 1. The van der Waals surface area contributed by atoms with Gasteiger partial charge in [-0.25, -0.2) is 9.18 Å². The van der Waals surface area contributed by atoms with Crippen LogP contribution < -0.4 is 5.32 Å². The van der Waals surface area contributed by atoms with Gasteiger partial charge in [-0.15, -0.1) is 0 Å². The van der Waals surface area contributed by atoms with Crippen molar-refractivity contribution in [2.45, 2.75) is 58.1 Å². The van der Waals surface area contributed by atoms with E-state index in [1.165, 1.54) is 12.1 Å². The van der Waals surface area contributed by atoms with Gasteiger partial charge in [0, 0.05) is 12.2 Å². The molecule has 0 aromatic heterocycles. The molecule has 1 fully saturated rings. The monoisotopic (exact) mass is 308 g/mol. The number of amides is 2. The Labute approximate surface area is 131 Å². The fraction of sp³-hybridized carbons (Fsp3) is 0.588. The zero-order valence-electron chi connectivity index (χ0n) is 13.3. The lowest BCUT2D eigenvalue weighted by Crippen LogP contribution is -2.50. The molecule has 0 spiro atoms. The molecule has 0 radical (unpaired) electrons. The standard InChI is InChI=1S/C17H25FN2O2/c1-3-8-20(15-6-4-5-7-16(15)21)17(22)19-14-10-12(2)9-13(18)11-14/h9-11,15-16,21H,3-8H2,1-2H3,(H,19,22)/t15-,16-/m1/s1. The molecule has 0 aliphatic heterocycles. The molecular formula is C17H25FN2O2. The smallest absolute Gasteiger partial charge is 0.322 e. The van der Waals surface area contributed by atoms with Crippen LogP contribution in [0.5, 0.6) is 0 Å². The number of nitrogens with zero attached hydrogens (tertiary/aromatic N) is 1. The molecular weight excluding hydrogens is 283 g/mol. The Morgan fingerprint density at radius 3 is 2.73 bits per heavy atom. The molecule has 1 aliphatic carbocycles. The first-order chi connectivity index (χ1) is 10.5. The maximum absolute atomic E-state index is 13.4. The van der Waals surface area contributed by atoms with Crippen LogP contribution in [0, 0.1) is 12.7 Å². The van der Waals surface area contributed by atoms with Gasteiger partial charge in [-0.1, -0.05) is 19.8 Å². The summed E-state index contributed by atoms with van der Waals surface area (Å²) >= 11 is 0. The maximum Gasteiger partial charge on any atom is 0.322 e. The van der Waals surface area contributed by atoms with E-state index in [-0.39, 0.29) is 17.9 Å². The third-order valence-corrected chi connectivity index (χ3v) is 4.11. The van der Waals surface area contributed by atoms with Gasteiger partial charge < -0.3 is 15.3 Å². The van der Waals surface area contributed by atoms with Crippen LogP contribution in [0.15, 0.2) is 18.2 Å². The largest absolute Gasteiger partial charge is 0.391 e. The third-order valence-electron chi connectivity index (χ3n) is 4.11. The number of carbonyl (C=O) groups is 1. The van der Waals surface area contributed by atoms with Crippen LogP contribution in [-0.2, 0) is 0 Å². The van der Waals surface area contributed by atoms with Crippen LogP contribution in [0.1, 0.15) is 44.6 Å². The van der Waals surface area contributed by atoms with Crippen LogP contribution in [0.3, 0.4) is 0 Å². The van der Waals surface area contributed by atoms with Gasteiger partial charge in [-0.2, -0.15) is 0 Å². The number of urea groups is 1. The summed E-state index contributed by atoms with van der Waals surface area (Å²) in [6.45, 7) is 4.37. The highest BCUT2D eigenvalue weighted by molar-refractivity contribution is 5.89. The Balaban J connectivity index is 2.11. The zero-order valence-corrected chi connectivity index (χ0v) is 13.3. The minimum Gasteiger partial charge on any atom is -0.391 e. The summed E-state index contributed by atoms with van der Waals surface area (Å²) in [4.78, 5) is 14.2. The summed E-state index contributed by atoms with van der Waals surface area (Å²) in [5, 5.41) is 12.9. The van der Waals surface area contributed by atoms with Crippen LogP contribution in [0.2, 0.25) is 0 Å². The van der Waals surface area contributed by atoms with Gasteiger partial charge in [-0.3, -0.25) is 0 Å². The predicted octanol–water partition coefficient (Wildman–Crippen LogP) is 3.68. The first-order valence-electron chi connectivity index (χ1n) is 8.04. The molecule has 1 saturated carbocycles.